The number of methoxy groups -OCH3 is 1. The van der Waals surface area contributed by atoms with Crippen LogP contribution >= 0.6 is 35.0 Å². The van der Waals surface area contributed by atoms with Crippen molar-refractivity contribution in [2.45, 2.75) is 17.8 Å². The van der Waals surface area contributed by atoms with Crippen LogP contribution < -0.4 is 9.64 Å². The Labute approximate surface area is 178 Å². The van der Waals surface area contributed by atoms with E-state index in [1.165, 1.54) is 11.8 Å². The molecule has 4 rings (SSSR count). The fraction of sp³-hybridized carbons (Fsp3) is 0.316. The largest absolute Gasteiger partial charge is 0.497 e. The Bertz CT molecular complexity index is 1020. The molecule has 2 aromatic rings. The van der Waals surface area contributed by atoms with Gasteiger partial charge in [0, 0.05) is 27.6 Å². The molecular weight excluding hydrogens is 439 g/mol. The number of benzene rings is 2. The number of halogens is 2. The summed E-state index contributed by atoms with van der Waals surface area (Å²) in [4.78, 5) is 6.74. The predicted molar refractivity (Wildman–Crippen MR) is 117 cm³/mol. The third kappa shape index (κ3) is 3.85. The first kappa shape index (κ1) is 19.9. The highest BCUT2D eigenvalue weighted by molar-refractivity contribution is 8.13. The maximum Gasteiger partial charge on any atom is 0.164 e. The standard InChI is InChI=1S/C19H18Cl2N2O3S2/c1-26-13-5-2-4-12(8-13)23-18-11-28(24,25)10-17(18)22-19(23)27-9-14-15(20)6-3-7-16(14)21/h2-8,17-18H,9-11H2,1H3/t17-,18-/m0/s1. The fourth-order valence-corrected chi connectivity index (χ4v) is 7.21. The SMILES string of the molecule is COc1cccc(N2C(SCc3c(Cl)cccc3Cl)=N[C@H]3CS(=O)(=O)C[C@@H]32)c1. The van der Waals surface area contributed by atoms with Gasteiger partial charge >= 0.3 is 0 Å². The number of rotatable bonds is 4. The van der Waals surface area contributed by atoms with Crippen molar-refractivity contribution in [3.05, 3.63) is 58.1 Å². The van der Waals surface area contributed by atoms with Gasteiger partial charge in [-0.15, -0.1) is 0 Å². The zero-order valence-corrected chi connectivity index (χ0v) is 18.2. The maximum absolute atomic E-state index is 12.2. The van der Waals surface area contributed by atoms with Crippen molar-refractivity contribution in [2.24, 2.45) is 4.99 Å². The molecule has 0 amide bonds. The zero-order chi connectivity index (χ0) is 19.9. The Morgan fingerprint density at radius 3 is 2.61 bits per heavy atom. The Morgan fingerprint density at radius 1 is 1.18 bits per heavy atom. The van der Waals surface area contributed by atoms with E-state index in [0.717, 1.165) is 16.4 Å². The number of fused-ring (bicyclic) bond motifs is 1. The monoisotopic (exact) mass is 456 g/mol. The fourth-order valence-electron chi connectivity index (χ4n) is 3.50. The molecule has 0 N–H and O–H groups in total. The summed E-state index contributed by atoms with van der Waals surface area (Å²) in [5, 5.41) is 1.98. The molecule has 2 heterocycles. The number of hydrogen-bond donors (Lipinski definition) is 0. The minimum absolute atomic E-state index is 0.0784. The van der Waals surface area contributed by atoms with Crippen molar-refractivity contribution in [3.8, 4) is 5.75 Å². The second-order valence-electron chi connectivity index (χ2n) is 6.68. The Hall–Kier alpha value is -1.41. The number of ether oxygens (including phenoxy) is 1. The molecule has 2 aromatic carbocycles. The number of anilines is 1. The molecule has 0 radical (unpaired) electrons. The van der Waals surface area contributed by atoms with Crippen molar-refractivity contribution < 1.29 is 13.2 Å². The van der Waals surface area contributed by atoms with Gasteiger partial charge < -0.3 is 9.64 Å². The normalized spacial score (nSPS) is 22.8. The summed E-state index contributed by atoms with van der Waals surface area (Å²) in [7, 11) is -1.49. The molecule has 28 heavy (non-hydrogen) atoms. The van der Waals surface area contributed by atoms with Crippen molar-refractivity contribution in [3.63, 3.8) is 0 Å². The van der Waals surface area contributed by atoms with Gasteiger partial charge in [-0.1, -0.05) is 47.1 Å². The first-order chi connectivity index (χ1) is 13.4. The number of amidine groups is 1. The van der Waals surface area contributed by atoms with E-state index in [2.05, 4.69) is 0 Å². The van der Waals surface area contributed by atoms with Crippen LogP contribution in [0, 0.1) is 0 Å². The van der Waals surface area contributed by atoms with Gasteiger partial charge in [-0.2, -0.15) is 0 Å². The van der Waals surface area contributed by atoms with Crippen molar-refractivity contribution in [2.75, 3.05) is 23.5 Å². The molecule has 148 valence electrons. The number of thioether (sulfide) groups is 1. The minimum Gasteiger partial charge on any atom is -0.497 e. The number of aliphatic imine (C=N–C) groups is 1. The molecule has 0 spiro atoms. The lowest BCUT2D eigenvalue weighted by molar-refractivity contribution is 0.415. The molecule has 1 fully saturated rings. The van der Waals surface area contributed by atoms with Gasteiger partial charge in [0.1, 0.15) is 5.75 Å². The van der Waals surface area contributed by atoms with Crippen LogP contribution in [0.5, 0.6) is 5.75 Å². The topological polar surface area (TPSA) is 59.0 Å². The van der Waals surface area contributed by atoms with Crippen LogP contribution in [0.1, 0.15) is 5.56 Å². The smallest absolute Gasteiger partial charge is 0.164 e. The van der Waals surface area contributed by atoms with Crippen molar-refractivity contribution >= 4 is 55.7 Å². The average molecular weight is 457 g/mol. The van der Waals surface area contributed by atoms with E-state index in [1.807, 2.05) is 35.2 Å². The number of hydrogen-bond acceptors (Lipinski definition) is 6. The Morgan fingerprint density at radius 2 is 1.89 bits per heavy atom. The van der Waals surface area contributed by atoms with Crippen LogP contribution in [-0.4, -0.2) is 44.3 Å². The van der Waals surface area contributed by atoms with Gasteiger partial charge in [-0.25, -0.2) is 8.42 Å². The average Bonchev–Trinajstić information content (AvgIpc) is 3.12. The predicted octanol–water partition coefficient (Wildman–Crippen LogP) is 4.28. The van der Waals surface area contributed by atoms with Gasteiger partial charge in [0.25, 0.3) is 0 Å². The van der Waals surface area contributed by atoms with E-state index in [0.29, 0.717) is 21.5 Å². The molecule has 0 aliphatic carbocycles. The third-order valence-corrected chi connectivity index (χ3v) is 8.25. The second kappa shape index (κ2) is 7.78. The summed E-state index contributed by atoms with van der Waals surface area (Å²) in [6.07, 6.45) is 0. The quantitative estimate of drug-likeness (QED) is 0.686. The van der Waals surface area contributed by atoms with E-state index in [1.54, 1.807) is 19.2 Å². The van der Waals surface area contributed by atoms with E-state index < -0.39 is 9.84 Å². The van der Waals surface area contributed by atoms with Crippen LogP contribution in [0.3, 0.4) is 0 Å². The summed E-state index contributed by atoms with van der Waals surface area (Å²) < 4.78 is 29.7. The van der Waals surface area contributed by atoms with Crippen LogP contribution in [-0.2, 0) is 15.6 Å². The molecule has 1 saturated heterocycles. The molecule has 5 nitrogen and oxygen atoms in total. The summed E-state index contributed by atoms with van der Waals surface area (Å²) in [5.41, 5.74) is 1.70. The molecule has 2 aliphatic rings. The first-order valence-electron chi connectivity index (χ1n) is 8.65. The molecule has 0 unspecified atom stereocenters. The van der Waals surface area contributed by atoms with Gasteiger partial charge in [-0.05, 0) is 29.8 Å². The molecule has 9 heteroatoms. The van der Waals surface area contributed by atoms with Gasteiger partial charge in [0.05, 0.1) is 30.7 Å². The van der Waals surface area contributed by atoms with E-state index in [-0.39, 0.29) is 23.6 Å². The lowest BCUT2D eigenvalue weighted by atomic mass is 10.1. The van der Waals surface area contributed by atoms with Gasteiger partial charge in [0.15, 0.2) is 15.0 Å². The summed E-state index contributed by atoms with van der Waals surface area (Å²) in [6, 6.07) is 12.5. The summed E-state index contributed by atoms with van der Waals surface area (Å²) in [6.45, 7) is 0. The molecule has 2 atom stereocenters. The Kier molecular flexibility index (Phi) is 5.53. The first-order valence-corrected chi connectivity index (χ1v) is 12.2. The highest BCUT2D eigenvalue weighted by atomic mass is 35.5. The molecular formula is C19H18Cl2N2O3S2. The van der Waals surface area contributed by atoms with Crippen LogP contribution in [0.15, 0.2) is 47.5 Å². The van der Waals surface area contributed by atoms with Crippen LogP contribution in [0.25, 0.3) is 0 Å². The number of nitrogens with zero attached hydrogens (tertiary/aromatic N) is 2. The van der Waals surface area contributed by atoms with E-state index >= 15 is 0 Å². The van der Waals surface area contributed by atoms with Gasteiger partial charge in [-0.3, -0.25) is 4.99 Å². The second-order valence-corrected chi connectivity index (χ2v) is 10.6. The van der Waals surface area contributed by atoms with E-state index in [9.17, 15) is 8.42 Å². The maximum atomic E-state index is 12.2. The molecule has 2 aliphatic heterocycles. The lowest BCUT2D eigenvalue weighted by Crippen LogP contribution is -2.39. The van der Waals surface area contributed by atoms with E-state index in [4.69, 9.17) is 32.9 Å². The van der Waals surface area contributed by atoms with Crippen molar-refractivity contribution in [1.29, 1.82) is 0 Å². The summed E-state index contributed by atoms with van der Waals surface area (Å²) in [5.74, 6) is 1.43. The summed E-state index contributed by atoms with van der Waals surface area (Å²) >= 11 is 14.1. The zero-order valence-electron chi connectivity index (χ0n) is 15.0. The van der Waals surface area contributed by atoms with Crippen LogP contribution in [0.4, 0.5) is 5.69 Å². The van der Waals surface area contributed by atoms with Gasteiger partial charge in [0.2, 0.25) is 0 Å². The van der Waals surface area contributed by atoms with Crippen LogP contribution in [0.2, 0.25) is 10.0 Å². The van der Waals surface area contributed by atoms with Crippen molar-refractivity contribution in [1.82, 2.24) is 0 Å². The molecule has 0 bridgehead atoms. The highest BCUT2D eigenvalue weighted by Crippen LogP contribution is 2.38. The lowest BCUT2D eigenvalue weighted by Gasteiger charge is -2.27. The molecule has 0 aromatic heterocycles. The third-order valence-electron chi connectivity index (χ3n) is 4.85. The molecule has 0 saturated carbocycles. The minimum atomic E-state index is -3.10. The number of sulfone groups is 1. The Balaban J connectivity index is 1.65. The highest BCUT2D eigenvalue weighted by Gasteiger charge is 2.47.